The van der Waals surface area contributed by atoms with Gasteiger partial charge < -0.3 is 9.88 Å². The minimum Gasteiger partial charge on any atom is -0.363 e. The molecule has 0 aliphatic carbocycles. The van der Waals surface area contributed by atoms with Crippen molar-refractivity contribution >= 4 is 28.6 Å². The number of nitrogens with one attached hydrogen (secondary N) is 1. The fourth-order valence-corrected chi connectivity index (χ4v) is 1.57. The van der Waals surface area contributed by atoms with Crippen molar-refractivity contribution in [1.82, 2.24) is 15.0 Å². The zero-order chi connectivity index (χ0) is 10.8. The molecule has 2 heterocycles. The number of aryl methyl sites for hydroxylation is 1. The van der Waals surface area contributed by atoms with Gasteiger partial charge in [-0.3, -0.25) is 0 Å². The van der Waals surface area contributed by atoms with Crippen LogP contribution in [0.25, 0.3) is 11.2 Å². The third-order valence-corrected chi connectivity index (χ3v) is 2.36. The Balaban J connectivity index is 2.43. The number of nitrogens with zero attached hydrogens (tertiary/aromatic N) is 3. The molecular formula is C10H13ClN4. The molecule has 0 bridgehead atoms. The molecule has 80 valence electrons. The van der Waals surface area contributed by atoms with E-state index in [4.69, 9.17) is 11.6 Å². The maximum absolute atomic E-state index is 5.66. The monoisotopic (exact) mass is 224 g/mol. The van der Waals surface area contributed by atoms with E-state index in [0.717, 1.165) is 29.2 Å². The molecule has 0 saturated carbocycles. The van der Waals surface area contributed by atoms with E-state index < -0.39 is 0 Å². The van der Waals surface area contributed by atoms with Crippen molar-refractivity contribution in [3.8, 4) is 0 Å². The Hall–Kier alpha value is -1.29. The van der Waals surface area contributed by atoms with Gasteiger partial charge in [0.05, 0.1) is 5.52 Å². The van der Waals surface area contributed by atoms with Crippen LogP contribution >= 0.6 is 11.6 Å². The highest BCUT2D eigenvalue weighted by Crippen LogP contribution is 2.14. The van der Waals surface area contributed by atoms with Gasteiger partial charge in [-0.05, 0) is 12.1 Å². The van der Waals surface area contributed by atoms with Crippen molar-refractivity contribution in [2.45, 2.75) is 6.42 Å². The van der Waals surface area contributed by atoms with Crippen molar-refractivity contribution < 1.29 is 0 Å². The molecule has 0 amide bonds. The van der Waals surface area contributed by atoms with E-state index in [-0.39, 0.29) is 0 Å². The van der Waals surface area contributed by atoms with Crippen LogP contribution in [0.5, 0.6) is 0 Å². The summed E-state index contributed by atoms with van der Waals surface area (Å²) in [6, 6.07) is 3.95. The van der Waals surface area contributed by atoms with Crippen LogP contribution in [0.2, 0.25) is 0 Å². The van der Waals surface area contributed by atoms with Gasteiger partial charge in [0.1, 0.15) is 11.6 Å². The smallest absolute Gasteiger partial charge is 0.179 e. The number of hydrogen-bond donors (Lipinski definition) is 1. The molecule has 0 aromatic carbocycles. The topological polar surface area (TPSA) is 44.8 Å². The minimum atomic E-state index is 0.570. The summed E-state index contributed by atoms with van der Waals surface area (Å²) in [6.07, 6.45) is 0.745. The van der Waals surface area contributed by atoms with E-state index >= 15 is 0 Å². The average molecular weight is 225 g/mol. The molecule has 0 spiro atoms. The third kappa shape index (κ3) is 2.04. The number of H-pyrrole nitrogens is 1. The molecule has 0 fully saturated rings. The van der Waals surface area contributed by atoms with Crippen molar-refractivity contribution in [1.29, 1.82) is 0 Å². The number of aromatic nitrogens is 3. The number of aromatic amines is 1. The number of anilines is 1. The number of pyridine rings is 1. The van der Waals surface area contributed by atoms with Crippen molar-refractivity contribution in [3.63, 3.8) is 0 Å². The molecule has 0 atom stereocenters. The SMILES string of the molecule is CN(C)c1ccc2[nH]c(CCCl)nc2n1. The van der Waals surface area contributed by atoms with E-state index in [9.17, 15) is 0 Å². The van der Waals surface area contributed by atoms with Gasteiger partial charge in [0.25, 0.3) is 0 Å². The zero-order valence-electron chi connectivity index (χ0n) is 8.79. The predicted molar refractivity (Wildman–Crippen MR) is 62.6 cm³/mol. The van der Waals surface area contributed by atoms with E-state index in [0.29, 0.717) is 5.88 Å². The van der Waals surface area contributed by atoms with E-state index in [1.807, 2.05) is 31.1 Å². The Morgan fingerprint density at radius 2 is 2.13 bits per heavy atom. The highest BCUT2D eigenvalue weighted by molar-refractivity contribution is 6.17. The zero-order valence-corrected chi connectivity index (χ0v) is 9.54. The van der Waals surface area contributed by atoms with Gasteiger partial charge in [0.15, 0.2) is 5.65 Å². The number of alkyl halides is 1. The lowest BCUT2D eigenvalue weighted by Gasteiger charge is -2.09. The Labute approximate surface area is 93.3 Å². The quantitative estimate of drug-likeness (QED) is 0.809. The number of hydrogen-bond acceptors (Lipinski definition) is 3. The summed E-state index contributed by atoms with van der Waals surface area (Å²) in [4.78, 5) is 13.9. The van der Waals surface area contributed by atoms with Crippen LogP contribution < -0.4 is 4.90 Å². The second-order valence-electron chi connectivity index (χ2n) is 3.56. The summed E-state index contributed by atoms with van der Waals surface area (Å²) in [5.74, 6) is 2.37. The summed E-state index contributed by atoms with van der Waals surface area (Å²) in [7, 11) is 3.92. The van der Waals surface area contributed by atoms with Gasteiger partial charge in [0.2, 0.25) is 0 Å². The van der Waals surface area contributed by atoms with Crippen molar-refractivity contribution in [2.75, 3.05) is 24.9 Å². The number of imidazole rings is 1. The van der Waals surface area contributed by atoms with Crippen molar-refractivity contribution in [3.05, 3.63) is 18.0 Å². The summed E-state index contributed by atoms with van der Waals surface area (Å²) in [5, 5.41) is 0. The largest absolute Gasteiger partial charge is 0.363 e. The first-order valence-corrected chi connectivity index (χ1v) is 5.33. The van der Waals surface area contributed by atoms with Crippen LogP contribution in [0.1, 0.15) is 5.82 Å². The molecule has 4 nitrogen and oxygen atoms in total. The van der Waals surface area contributed by atoms with Gasteiger partial charge in [-0.1, -0.05) is 0 Å². The molecular weight excluding hydrogens is 212 g/mol. The summed E-state index contributed by atoms with van der Waals surface area (Å²) in [5.41, 5.74) is 1.71. The fourth-order valence-electron chi connectivity index (χ4n) is 1.39. The lowest BCUT2D eigenvalue weighted by atomic mass is 10.4. The van der Waals surface area contributed by atoms with Crippen LogP contribution in [0.4, 0.5) is 5.82 Å². The Bertz CT molecular complexity index is 463. The van der Waals surface area contributed by atoms with E-state index in [2.05, 4.69) is 15.0 Å². The summed E-state index contributed by atoms with van der Waals surface area (Å²) < 4.78 is 0. The second-order valence-corrected chi connectivity index (χ2v) is 3.94. The first-order valence-electron chi connectivity index (χ1n) is 4.79. The Morgan fingerprint density at radius 3 is 2.80 bits per heavy atom. The molecule has 2 rings (SSSR count). The predicted octanol–water partition coefficient (Wildman–Crippen LogP) is 1.81. The summed E-state index contributed by atoms with van der Waals surface area (Å²) >= 11 is 5.66. The lowest BCUT2D eigenvalue weighted by Crippen LogP contribution is -2.10. The van der Waals surface area contributed by atoms with Crippen LogP contribution in [0.3, 0.4) is 0 Å². The van der Waals surface area contributed by atoms with Gasteiger partial charge in [0, 0.05) is 26.4 Å². The molecule has 0 aliphatic heterocycles. The highest BCUT2D eigenvalue weighted by Gasteiger charge is 2.05. The number of rotatable bonds is 3. The number of halogens is 1. The lowest BCUT2D eigenvalue weighted by molar-refractivity contribution is 1.00. The van der Waals surface area contributed by atoms with Gasteiger partial charge in [-0.25, -0.2) is 9.97 Å². The van der Waals surface area contributed by atoms with Crippen LogP contribution in [-0.4, -0.2) is 34.9 Å². The van der Waals surface area contributed by atoms with E-state index in [1.54, 1.807) is 0 Å². The Morgan fingerprint density at radius 1 is 1.33 bits per heavy atom. The van der Waals surface area contributed by atoms with Crippen LogP contribution in [0, 0.1) is 0 Å². The van der Waals surface area contributed by atoms with E-state index in [1.165, 1.54) is 0 Å². The standard InChI is InChI=1S/C10H13ClN4/c1-15(2)9-4-3-7-10(14-9)13-8(12-7)5-6-11/h3-4H,5-6H2,1-2H3,(H,12,13,14). The Kier molecular flexibility index (Phi) is 2.77. The maximum Gasteiger partial charge on any atom is 0.179 e. The van der Waals surface area contributed by atoms with Crippen LogP contribution in [0.15, 0.2) is 12.1 Å². The number of fused-ring (bicyclic) bond motifs is 1. The third-order valence-electron chi connectivity index (χ3n) is 2.17. The first kappa shape index (κ1) is 10.2. The van der Waals surface area contributed by atoms with Crippen LogP contribution in [-0.2, 0) is 6.42 Å². The minimum absolute atomic E-state index is 0.570. The van der Waals surface area contributed by atoms with Gasteiger partial charge >= 0.3 is 0 Å². The fraction of sp³-hybridized carbons (Fsp3) is 0.400. The summed E-state index contributed by atoms with van der Waals surface area (Å²) in [6.45, 7) is 0. The first-order chi connectivity index (χ1) is 7.20. The second kappa shape index (κ2) is 4.06. The maximum atomic E-state index is 5.66. The van der Waals surface area contributed by atoms with Gasteiger partial charge in [-0.15, -0.1) is 11.6 Å². The molecule has 1 N–H and O–H groups in total. The van der Waals surface area contributed by atoms with Gasteiger partial charge in [-0.2, -0.15) is 0 Å². The average Bonchev–Trinajstić information content (AvgIpc) is 2.59. The molecule has 15 heavy (non-hydrogen) atoms. The molecule has 5 heteroatoms. The van der Waals surface area contributed by atoms with Crippen molar-refractivity contribution in [2.24, 2.45) is 0 Å². The molecule has 2 aromatic heterocycles. The molecule has 2 aromatic rings. The highest BCUT2D eigenvalue weighted by atomic mass is 35.5. The molecule has 0 radical (unpaired) electrons. The molecule has 0 aliphatic rings. The molecule has 0 saturated heterocycles. The normalized spacial score (nSPS) is 10.9. The molecule has 0 unspecified atom stereocenters.